The van der Waals surface area contributed by atoms with Crippen LogP contribution in [0.15, 0.2) is 24.3 Å². The summed E-state index contributed by atoms with van der Waals surface area (Å²) in [7, 11) is 3.63. The van der Waals surface area contributed by atoms with Crippen LogP contribution in [0.25, 0.3) is 0 Å². The lowest BCUT2D eigenvalue weighted by Gasteiger charge is -2.17. The number of hydrogen-bond donors (Lipinski definition) is 2. The molecule has 0 saturated heterocycles. The molecule has 0 spiro atoms. The predicted octanol–water partition coefficient (Wildman–Crippen LogP) is 1.35. The van der Waals surface area contributed by atoms with Gasteiger partial charge in [-0.1, -0.05) is 18.2 Å². The number of carbonyl (C=O) groups excluding carboxylic acids is 1. The molecule has 0 bridgehead atoms. The number of hydrogen-bond acceptors (Lipinski definition) is 3. The molecule has 0 fully saturated rings. The summed E-state index contributed by atoms with van der Waals surface area (Å²) in [5.41, 5.74) is 0.775. The summed E-state index contributed by atoms with van der Waals surface area (Å²) >= 11 is 0. The smallest absolute Gasteiger partial charge is 0.222 e. The van der Waals surface area contributed by atoms with Crippen molar-refractivity contribution in [1.29, 1.82) is 0 Å². The highest BCUT2D eigenvalue weighted by atomic mass is 16.3. The van der Waals surface area contributed by atoms with Crippen LogP contribution in [0, 0.1) is 0 Å². The lowest BCUT2D eigenvalue weighted by molar-refractivity contribution is -0.130. The van der Waals surface area contributed by atoms with Crippen molar-refractivity contribution in [1.82, 2.24) is 10.2 Å². The van der Waals surface area contributed by atoms with Crippen LogP contribution in [0.4, 0.5) is 0 Å². The third-order valence-electron chi connectivity index (χ3n) is 2.64. The van der Waals surface area contributed by atoms with Gasteiger partial charge < -0.3 is 15.3 Å². The summed E-state index contributed by atoms with van der Waals surface area (Å²) in [6, 6.07) is 7.09. The van der Waals surface area contributed by atoms with Gasteiger partial charge in [-0.3, -0.25) is 4.79 Å². The lowest BCUT2D eigenvalue weighted by atomic mass is 10.2. The Balaban J connectivity index is 2.46. The molecule has 0 heterocycles. The van der Waals surface area contributed by atoms with Crippen molar-refractivity contribution in [2.45, 2.75) is 19.4 Å². The zero-order chi connectivity index (χ0) is 12.7. The second-order valence-electron chi connectivity index (χ2n) is 4.09. The summed E-state index contributed by atoms with van der Waals surface area (Å²) in [6.45, 7) is 1.29. The topological polar surface area (TPSA) is 52.6 Å². The molecule has 1 aromatic rings. The van der Waals surface area contributed by atoms with Crippen LogP contribution >= 0.6 is 0 Å². The van der Waals surface area contributed by atoms with Gasteiger partial charge in [0.25, 0.3) is 0 Å². The van der Waals surface area contributed by atoms with Gasteiger partial charge in [-0.05, 0) is 26.1 Å². The molecule has 1 aromatic carbocycles. The maximum absolute atomic E-state index is 11.8. The molecular weight excluding hydrogens is 216 g/mol. The van der Waals surface area contributed by atoms with E-state index in [0.29, 0.717) is 13.0 Å². The average molecular weight is 236 g/mol. The molecule has 4 nitrogen and oxygen atoms in total. The molecule has 0 unspecified atom stereocenters. The monoisotopic (exact) mass is 236 g/mol. The van der Waals surface area contributed by atoms with Gasteiger partial charge in [-0.15, -0.1) is 0 Å². The third-order valence-corrected chi connectivity index (χ3v) is 2.64. The van der Waals surface area contributed by atoms with Crippen LogP contribution in [-0.4, -0.2) is 36.6 Å². The highest BCUT2D eigenvalue weighted by Gasteiger charge is 2.10. The average Bonchev–Trinajstić information content (AvgIpc) is 2.32. The van der Waals surface area contributed by atoms with E-state index in [-0.39, 0.29) is 11.7 Å². The van der Waals surface area contributed by atoms with Gasteiger partial charge in [0, 0.05) is 25.6 Å². The van der Waals surface area contributed by atoms with Gasteiger partial charge in [0.05, 0.1) is 0 Å². The first-order valence-electron chi connectivity index (χ1n) is 5.80. The summed E-state index contributed by atoms with van der Waals surface area (Å²) in [5.74, 6) is 0.339. The van der Waals surface area contributed by atoms with Crippen molar-refractivity contribution in [2.24, 2.45) is 0 Å². The van der Waals surface area contributed by atoms with Gasteiger partial charge >= 0.3 is 0 Å². The van der Waals surface area contributed by atoms with Crippen LogP contribution < -0.4 is 5.32 Å². The molecule has 4 heteroatoms. The molecule has 0 aliphatic rings. The normalized spacial score (nSPS) is 10.2. The Kier molecular flexibility index (Phi) is 5.49. The number of carbonyl (C=O) groups is 1. The van der Waals surface area contributed by atoms with E-state index in [4.69, 9.17) is 0 Å². The van der Waals surface area contributed by atoms with Gasteiger partial charge in [-0.25, -0.2) is 0 Å². The second kappa shape index (κ2) is 6.91. The van der Waals surface area contributed by atoms with Crippen LogP contribution in [0.1, 0.15) is 18.4 Å². The minimum atomic E-state index is 0.100. The summed E-state index contributed by atoms with van der Waals surface area (Å²) < 4.78 is 0. The van der Waals surface area contributed by atoms with Crippen LogP contribution in [0.3, 0.4) is 0 Å². The molecule has 0 saturated carbocycles. The van der Waals surface area contributed by atoms with Gasteiger partial charge in [0.15, 0.2) is 0 Å². The first-order chi connectivity index (χ1) is 8.15. The third kappa shape index (κ3) is 4.44. The molecule has 2 N–H and O–H groups in total. The standard InChI is InChI=1S/C13H20N2O2/c1-14-9-5-8-13(17)15(2)10-11-6-3-4-7-12(11)16/h3-4,6-7,14,16H,5,8-10H2,1-2H3. The fourth-order valence-electron chi connectivity index (χ4n) is 1.60. The minimum absolute atomic E-state index is 0.100. The first-order valence-corrected chi connectivity index (χ1v) is 5.80. The molecule has 0 radical (unpaired) electrons. The number of phenols is 1. The Labute approximate surface area is 102 Å². The molecule has 0 aliphatic carbocycles. The molecule has 0 atom stereocenters. The van der Waals surface area contributed by atoms with Crippen molar-refractivity contribution in [3.05, 3.63) is 29.8 Å². The van der Waals surface area contributed by atoms with E-state index in [2.05, 4.69) is 5.32 Å². The summed E-state index contributed by atoms with van der Waals surface area (Å²) in [5, 5.41) is 12.6. The van der Waals surface area contributed by atoms with Crippen molar-refractivity contribution in [3.8, 4) is 5.75 Å². The van der Waals surface area contributed by atoms with Gasteiger partial charge in [0.2, 0.25) is 5.91 Å². The molecule has 0 aromatic heterocycles. The maximum atomic E-state index is 11.8. The second-order valence-corrected chi connectivity index (χ2v) is 4.09. The predicted molar refractivity (Wildman–Crippen MR) is 67.7 cm³/mol. The van der Waals surface area contributed by atoms with E-state index in [0.717, 1.165) is 18.5 Å². The van der Waals surface area contributed by atoms with E-state index in [1.54, 1.807) is 24.1 Å². The Morgan fingerprint density at radius 2 is 2.12 bits per heavy atom. The number of aromatic hydroxyl groups is 1. The molecular formula is C13H20N2O2. The minimum Gasteiger partial charge on any atom is -0.508 e. The highest BCUT2D eigenvalue weighted by molar-refractivity contribution is 5.75. The fourth-order valence-corrected chi connectivity index (χ4v) is 1.60. The number of nitrogens with one attached hydrogen (secondary N) is 1. The number of rotatable bonds is 6. The van der Waals surface area contributed by atoms with Gasteiger partial charge in [0.1, 0.15) is 5.75 Å². The number of phenolic OH excluding ortho intramolecular Hbond substituents is 1. The van der Waals surface area contributed by atoms with E-state index in [1.807, 2.05) is 19.2 Å². The van der Waals surface area contributed by atoms with Crippen LogP contribution in [-0.2, 0) is 11.3 Å². The van der Waals surface area contributed by atoms with Crippen LogP contribution in [0.5, 0.6) is 5.75 Å². The molecule has 17 heavy (non-hydrogen) atoms. The molecule has 94 valence electrons. The molecule has 0 aliphatic heterocycles. The zero-order valence-electron chi connectivity index (χ0n) is 10.4. The number of para-hydroxylation sites is 1. The van der Waals surface area contributed by atoms with Crippen molar-refractivity contribution in [3.63, 3.8) is 0 Å². The quantitative estimate of drug-likeness (QED) is 0.733. The Morgan fingerprint density at radius 3 is 2.76 bits per heavy atom. The van der Waals surface area contributed by atoms with Crippen molar-refractivity contribution in [2.75, 3.05) is 20.6 Å². The lowest BCUT2D eigenvalue weighted by Crippen LogP contribution is -2.26. The number of benzene rings is 1. The Hall–Kier alpha value is -1.55. The number of nitrogens with zero attached hydrogens (tertiary/aromatic N) is 1. The maximum Gasteiger partial charge on any atom is 0.222 e. The Bertz CT molecular complexity index is 366. The Morgan fingerprint density at radius 1 is 1.41 bits per heavy atom. The fraction of sp³-hybridized carbons (Fsp3) is 0.462. The van der Waals surface area contributed by atoms with Gasteiger partial charge in [-0.2, -0.15) is 0 Å². The van der Waals surface area contributed by atoms with Crippen molar-refractivity contribution < 1.29 is 9.90 Å². The first kappa shape index (κ1) is 13.5. The van der Waals surface area contributed by atoms with E-state index in [1.165, 1.54) is 0 Å². The van der Waals surface area contributed by atoms with E-state index < -0.39 is 0 Å². The van der Waals surface area contributed by atoms with Crippen molar-refractivity contribution >= 4 is 5.91 Å². The summed E-state index contributed by atoms with van der Waals surface area (Å²) in [6.07, 6.45) is 1.37. The summed E-state index contributed by atoms with van der Waals surface area (Å²) in [4.78, 5) is 13.4. The molecule has 1 rings (SSSR count). The zero-order valence-corrected chi connectivity index (χ0v) is 10.4. The highest BCUT2D eigenvalue weighted by Crippen LogP contribution is 2.17. The largest absolute Gasteiger partial charge is 0.508 e. The molecule has 1 amide bonds. The number of amides is 1. The SMILES string of the molecule is CNCCCC(=O)N(C)Cc1ccccc1O. The van der Waals surface area contributed by atoms with E-state index >= 15 is 0 Å². The van der Waals surface area contributed by atoms with E-state index in [9.17, 15) is 9.90 Å². The van der Waals surface area contributed by atoms with Crippen LogP contribution in [0.2, 0.25) is 0 Å².